The van der Waals surface area contributed by atoms with Crippen LogP contribution in [0.3, 0.4) is 0 Å². The second-order valence-corrected chi connectivity index (χ2v) is 7.17. The number of hydrogen-bond acceptors (Lipinski definition) is 8. The van der Waals surface area contributed by atoms with Crippen molar-refractivity contribution in [3.05, 3.63) is 29.8 Å². The number of aryl methyl sites for hydroxylation is 1. The summed E-state index contributed by atoms with van der Waals surface area (Å²) in [4.78, 5) is 0.139. The number of terminal acetylenes is 2. The van der Waals surface area contributed by atoms with Gasteiger partial charge in [-0.15, -0.1) is 12.8 Å². The van der Waals surface area contributed by atoms with Crippen molar-refractivity contribution in [2.24, 2.45) is 0 Å². The predicted octanol–water partition coefficient (Wildman–Crippen LogP) is 1.01. The predicted molar refractivity (Wildman–Crippen MR) is 112 cm³/mol. The van der Waals surface area contributed by atoms with Crippen molar-refractivity contribution in [1.82, 2.24) is 0 Å². The Morgan fingerprint density at radius 1 is 0.800 bits per heavy atom. The molecule has 0 heterocycles. The molecule has 0 saturated heterocycles. The van der Waals surface area contributed by atoms with Crippen molar-refractivity contribution >= 4 is 10.1 Å². The molecule has 9 heteroatoms. The normalized spacial score (nSPS) is 10.5. The maximum atomic E-state index is 11.8. The van der Waals surface area contributed by atoms with Crippen LogP contribution in [0.25, 0.3) is 0 Å². The Morgan fingerprint density at radius 2 is 1.27 bits per heavy atom. The van der Waals surface area contributed by atoms with Gasteiger partial charge in [-0.1, -0.05) is 29.5 Å². The second kappa shape index (κ2) is 19.0. The molecular formula is C21H30O8S. The number of aliphatic hydroxyl groups excluding tert-OH is 1. The molecule has 0 radical (unpaired) electrons. The lowest BCUT2D eigenvalue weighted by Crippen LogP contribution is -2.13. The summed E-state index contributed by atoms with van der Waals surface area (Å²) in [5.74, 6) is 4.66. The van der Waals surface area contributed by atoms with Crippen molar-refractivity contribution in [2.45, 2.75) is 11.8 Å². The van der Waals surface area contributed by atoms with Crippen molar-refractivity contribution < 1.29 is 36.7 Å². The lowest BCUT2D eigenvalue weighted by molar-refractivity contribution is 0.0424. The lowest BCUT2D eigenvalue weighted by Gasteiger charge is -2.07. The molecule has 0 aliphatic carbocycles. The van der Waals surface area contributed by atoms with Gasteiger partial charge in [-0.25, -0.2) is 0 Å². The Kier molecular flexibility index (Phi) is 17.8. The van der Waals surface area contributed by atoms with E-state index >= 15 is 0 Å². The molecule has 0 aromatic heterocycles. The van der Waals surface area contributed by atoms with Crippen LogP contribution in [0.4, 0.5) is 0 Å². The van der Waals surface area contributed by atoms with Crippen LogP contribution in [-0.2, 0) is 33.2 Å². The molecule has 0 unspecified atom stereocenters. The Hall–Kier alpha value is -1.95. The summed E-state index contributed by atoms with van der Waals surface area (Å²) in [6, 6.07) is 6.46. The van der Waals surface area contributed by atoms with Gasteiger partial charge in [0, 0.05) is 0 Å². The summed E-state index contributed by atoms with van der Waals surface area (Å²) in [6.45, 7) is 4.68. The van der Waals surface area contributed by atoms with E-state index < -0.39 is 10.1 Å². The zero-order chi connectivity index (χ0) is 22.5. The molecule has 1 N–H and O–H groups in total. The summed E-state index contributed by atoms with van der Waals surface area (Å²) < 4.78 is 48.4. The highest BCUT2D eigenvalue weighted by Gasteiger charge is 2.14. The molecule has 1 aromatic rings. The molecule has 0 aliphatic rings. The zero-order valence-electron chi connectivity index (χ0n) is 17.2. The molecule has 0 bridgehead atoms. The van der Waals surface area contributed by atoms with Crippen molar-refractivity contribution in [3.63, 3.8) is 0 Å². The minimum absolute atomic E-state index is 0.0364. The van der Waals surface area contributed by atoms with Crippen LogP contribution in [0.2, 0.25) is 0 Å². The zero-order valence-corrected chi connectivity index (χ0v) is 18.1. The number of rotatable bonds is 15. The smallest absolute Gasteiger partial charge is 0.297 e. The van der Waals surface area contributed by atoms with E-state index in [2.05, 4.69) is 11.8 Å². The summed E-state index contributed by atoms with van der Waals surface area (Å²) in [5, 5.41) is 8.27. The minimum Gasteiger partial charge on any atom is -0.394 e. The van der Waals surface area contributed by atoms with Gasteiger partial charge in [0.05, 0.1) is 57.8 Å². The molecule has 8 nitrogen and oxygen atoms in total. The number of benzene rings is 1. The fourth-order valence-electron chi connectivity index (χ4n) is 1.74. The molecular weight excluding hydrogens is 412 g/mol. The van der Waals surface area contributed by atoms with Crippen molar-refractivity contribution in [3.8, 4) is 24.7 Å². The molecule has 168 valence electrons. The van der Waals surface area contributed by atoms with Crippen LogP contribution in [-0.4, -0.2) is 79.6 Å². The first kappa shape index (κ1) is 28.1. The molecule has 0 atom stereocenters. The van der Waals surface area contributed by atoms with Gasteiger partial charge in [-0.2, -0.15) is 8.42 Å². The maximum Gasteiger partial charge on any atom is 0.297 e. The second-order valence-electron chi connectivity index (χ2n) is 5.55. The van der Waals surface area contributed by atoms with Crippen LogP contribution in [0.5, 0.6) is 0 Å². The Balaban J connectivity index is 0.000000710. The standard InChI is InChI=1S/C14H18O5S.C7H12O3/c1-3-8-17-9-10-18-11-12-19-20(15,16)14-6-4-13(2)5-7-14;1-2-4-9-6-7-10-5-3-8/h1,4-7H,8-12H2,2H3;1,8H,3-7H2. The number of ether oxygens (including phenoxy) is 4. The molecule has 0 saturated carbocycles. The molecule has 0 fully saturated rings. The molecule has 0 spiro atoms. The first-order chi connectivity index (χ1) is 14.5. The van der Waals surface area contributed by atoms with Gasteiger partial charge in [0.25, 0.3) is 10.1 Å². The Bertz CT molecular complexity index is 717. The fraction of sp³-hybridized carbons (Fsp3) is 0.524. The van der Waals surface area contributed by atoms with Crippen molar-refractivity contribution in [1.29, 1.82) is 0 Å². The summed E-state index contributed by atoms with van der Waals surface area (Å²) >= 11 is 0. The molecule has 30 heavy (non-hydrogen) atoms. The van der Waals surface area contributed by atoms with Crippen LogP contribution < -0.4 is 0 Å². The molecule has 1 rings (SSSR count). The fourth-order valence-corrected chi connectivity index (χ4v) is 2.64. The largest absolute Gasteiger partial charge is 0.394 e. The van der Waals surface area contributed by atoms with Gasteiger partial charge in [-0.05, 0) is 19.1 Å². The van der Waals surface area contributed by atoms with Gasteiger partial charge in [-0.3, -0.25) is 4.18 Å². The van der Waals surface area contributed by atoms with E-state index in [0.29, 0.717) is 39.6 Å². The third-order valence-electron chi connectivity index (χ3n) is 3.13. The summed E-state index contributed by atoms with van der Waals surface area (Å²) in [7, 11) is -3.72. The van der Waals surface area contributed by atoms with Crippen LogP contribution >= 0.6 is 0 Å². The SMILES string of the molecule is C#CCOCCOCCO.C#CCOCCOCCOS(=O)(=O)c1ccc(C)cc1. The number of aliphatic hydroxyl groups is 1. The third kappa shape index (κ3) is 15.9. The highest BCUT2D eigenvalue weighted by Crippen LogP contribution is 2.12. The van der Waals surface area contributed by atoms with Gasteiger partial charge >= 0.3 is 0 Å². The average molecular weight is 443 g/mol. The van der Waals surface area contributed by atoms with Gasteiger partial charge in [0.2, 0.25) is 0 Å². The van der Waals surface area contributed by atoms with E-state index in [0.717, 1.165) is 5.56 Å². The number of hydrogen-bond donors (Lipinski definition) is 1. The minimum atomic E-state index is -3.72. The van der Waals surface area contributed by atoms with E-state index in [4.69, 9.17) is 41.1 Å². The van der Waals surface area contributed by atoms with Crippen LogP contribution in [0, 0.1) is 31.6 Å². The van der Waals surface area contributed by atoms with E-state index in [9.17, 15) is 8.42 Å². The van der Waals surface area contributed by atoms with E-state index in [1.807, 2.05) is 6.92 Å². The monoisotopic (exact) mass is 442 g/mol. The first-order valence-electron chi connectivity index (χ1n) is 9.22. The topological polar surface area (TPSA) is 101 Å². The Morgan fingerprint density at radius 3 is 1.77 bits per heavy atom. The maximum absolute atomic E-state index is 11.8. The molecule has 0 amide bonds. The van der Waals surface area contributed by atoms with Crippen LogP contribution in [0.1, 0.15) is 5.56 Å². The van der Waals surface area contributed by atoms with Gasteiger partial charge in [0.15, 0.2) is 0 Å². The first-order valence-corrected chi connectivity index (χ1v) is 10.6. The molecule has 0 aliphatic heterocycles. The summed E-state index contributed by atoms with van der Waals surface area (Å²) in [6.07, 6.45) is 9.91. The lowest BCUT2D eigenvalue weighted by atomic mass is 10.2. The highest BCUT2D eigenvalue weighted by molar-refractivity contribution is 7.86. The molecule has 1 aromatic carbocycles. The van der Waals surface area contributed by atoms with E-state index in [1.54, 1.807) is 12.1 Å². The van der Waals surface area contributed by atoms with Crippen LogP contribution in [0.15, 0.2) is 29.2 Å². The van der Waals surface area contributed by atoms with Gasteiger partial charge in [0.1, 0.15) is 13.2 Å². The third-order valence-corrected chi connectivity index (χ3v) is 4.45. The average Bonchev–Trinajstić information content (AvgIpc) is 2.73. The summed E-state index contributed by atoms with van der Waals surface area (Å²) in [5.41, 5.74) is 0.985. The Labute approximate surface area is 179 Å². The highest BCUT2D eigenvalue weighted by atomic mass is 32.2. The van der Waals surface area contributed by atoms with Crippen molar-refractivity contribution in [2.75, 3.05) is 66.1 Å². The van der Waals surface area contributed by atoms with E-state index in [1.165, 1.54) is 12.1 Å². The van der Waals surface area contributed by atoms with Gasteiger partial charge < -0.3 is 24.1 Å². The van der Waals surface area contributed by atoms with E-state index in [-0.39, 0.29) is 31.3 Å². The quantitative estimate of drug-likeness (QED) is 0.244.